The van der Waals surface area contributed by atoms with Crippen molar-refractivity contribution in [2.75, 3.05) is 19.5 Å². The second-order valence-electron chi connectivity index (χ2n) is 3.03. The minimum Gasteiger partial charge on any atom is -0.465 e. The molecule has 0 aliphatic rings. The largest absolute Gasteiger partial charge is 0.465 e. The lowest BCUT2D eigenvalue weighted by Gasteiger charge is -2.08. The SMILES string of the molecule is CNc1cc(C(=O)OC)ccc1C(=N)C=O. The van der Waals surface area contributed by atoms with Gasteiger partial charge in [-0.05, 0) is 18.2 Å². The van der Waals surface area contributed by atoms with Crippen molar-refractivity contribution in [1.82, 2.24) is 0 Å². The maximum Gasteiger partial charge on any atom is 0.337 e. The molecule has 0 radical (unpaired) electrons. The molecular weight excluding hydrogens is 208 g/mol. The maximum atomic E-state index is 11.3. The van der Waals surface area contributed by atoms with Crippen LogP contribution in [0.15, 0.2) is 18.2 Å². The predicted molar refractivity (Wildman–Crippen MR) is 60.2 cm³/mol. The van der Waals surface area contributed by atoms with Crippen molar-refractivity contribution in [3.05, 3.63) is 29.3 Å². The number of carbonyl (C=O) groups is 2. The Morgan fingerprint density at radius 1 is 1.50 bits per heavy atom. The first-order chi connectivity index (χ1) is 7.63. The average Bonchev–Trinajstić information content (AvgIpc) is 2.35. The van der Waals surface area contributed by atoms with Gasteiger partial charge in [0.2, 0.25) is 0 Å². The Kier molecular flexibility index (Phi) is 3.77. The molecule has 5 nitrogen and oxygen atoms in total. The van der Waals surface area contributed by atoms with Crippen molar-refractivity contribution in [2.45, 2.75) is 0 Å². The second-order valence-corrected chi connectivity index (χ2v) is 3.03. The van der Waals surface area contributed by atoms with Crippen molar-refractivity contribution in [3.8, 4) is 0 Å². The van der Waals surface area contributed by atoms with Crippen molar-refractivity contribution < 1.29 is 14.3 Å². The first kappa shape index (κ1) is 11.9. The van der Waals surface area contributed by atoms with Gasteiger partial charge < -0.3 is 10.1 Å². The van der Waals surface area contributed by atoms with Gasteiger partial charge in [-0.15, -0.1) is 0 Å². The van der Waals surface area contributed by atoms with E-state index in [1.54, 1.807) is 13.1 Å². The average molecular weight is 220 g/mol. The number of hydrogen-bond donors (Lipinski definition) is 2. The van der Waals surface area contributed by atoms with Gasteiger partial charge in [0, 0.05) is 18.3 Å². The number of ether oxygens (including phenoxy) is 1. The molecule has 1 aromatic rings. The van der Waals surface area contributed by atoms with E-state index in [2.05, 4.69) is 10.1 Å². The maximum absolute atomic E-state index is 11.3. The fourth-order valence-electron chi connectivity index (χ4n) is 1.29. The Bertz CT molecular complexity index is 441. The molecule has 0 saturated carbocycles. The standard InChI is InChI=1S/C11H12N2O3/c1-13-10-5-7(11(15)16-2)3-4-8(10)9(12)6-14/h3-6,12-13H,1-2H3. The summed E-state index contributed by atoms with van der Waals surface area (Å²) in [7, 11) is 2.95. The Balaban J connectivity index is 3.21. The number of benzene rings is 1. The minimum absolute atomic E-state index is 0.138. The van der Waals surface area contributed by atoms with Crippen LogP contribution >= 0.6 is 0 Å². The van der Waals surface area contributed by atoms with Crippen LogP contribution < -0.4 is 5.32 Å². The van der Waals surface area contributed by atoms with Gasteiger partial charge in [0.15, 0.2) is 6.29 Å². The summed E-state index contributed by atoms with van der Waals surface area (Å²) in [4.78, 5) is 21.8. The number of esters is 1. The number of anilines is 1. The van der Waals surface area contributed by atoms with Crippen LogP contribution in [0.25, 0.3) is 0 Å². The van der Waals surface area contributed by atoms with Gasteiger partial charge in [0.25, 0.3) is 0 Å². The zero-order valence-corrected chi connectivity index (χ0v) is 9.03. The highest BCUT2D eigenvalue weighted by atomic mass is 16.5. The molecule has 0 spiro atoms. The lowest BCUT2D eigenvalue weighted by atomic mass is 10.1. The van der Waals surface area contributed by atoms with Crippen LogP contribution in [0.1, 0.15) is 15.9 Å². The molecule has 0 heterocycles. The Morgan fingerprint density at radius 3 is 2.69 bits per heavy atom. The van der Waals surface area contributed by atoms with Gasteiger partial charge in [-0.2, -0.15) is 0 Å². The third-order valence-corrected chi connectivity index (χ3v) is 2.12. The summed E-state index contributed by atoms with van der Waals surface area (Å²) in [5.74, 6) is -0.458. The Hall–Kier alpha value is -2.17. The Morgan fingerprint density at radius 2 is 2.19 bits per heavy atom. The summed E-state index contributed by atoms with van der Waals surface area (Å²) in [5, 5.41) is 10.2. The zero-order chi connectivity index (χ0) is 12.1. The molecule has 2 N–H and O–H groups in total. The molecule has 16 heavy (non-hydrogen) atoms. The molecule has 0 aliphatic carbocycles. The molecule has 1 rings (SSSR count). The van der Waals surface area contributed by atoms with Crippen LogP contribution in [0.4, 0.5) is 5.69 Å². The Labute approximate surface area is 92.9 Å². The van der Waals surface area contributed by atoms with E-state index in [9.17, 15) is 9.59 Å². The monoisotopic (exact) mass is 220 g/mol. The molecule has 0 bridgehead atoms. The van der Waals surface area contributed by atoms with Crippen LogP contribution in [0.3, 0.4) is 0 Å². The molecule has 0 aromatic heterocycles. The molecule has 0 saturated heterocycles. The number of methoxy groups -OCH3 is 1. The third-order valence-electron chi connectivity index (χ3n) is 2.12. The summed E-state index contributed by atoms with van der Waals surface area (Å²) in [6.07, 6.45) is 0.452. The van der Waals surface area contributed by atoms with E-state index in [1.165, 1.54) is 19.2 Å². The lowest BCUT2D eigenvalue weighted by molar-refractivity contribution is -0.102. The number of carbonyl (C=O) groups excluding carboxylic acids is 2. The van der Waals surface area contributed by atoms with Crippen LogP contribution in [0.5, 0.6) is 0 Å². The molecule has 0 amide bonds. The number of aldehydes is 1. The van der Waals surface area contributed by atoms with E-state index in [0.717, 1.165) is 0 Å². The zero-order valence-electron chi connectivity index (χ0n) is 9.03. The predicted octanol–water partition coefficient (Wildman–Crippen LogP) is 1.08. The summed E-state index contributed by atoms with van der Waals surface area (Å²) < 4.78 is 4.57. The normalized spacial score (nSPS) is 9.38. The van der Waals surface area contributed by atoms with E-state index in [1.807, 2.05) is 0 Å². The van der Waals surface area contributed by atoms with Gasteiger partial charge >= 0.3 is 5.97 Å². The lowest BCUT2D eigenvalue weighted by Crippen LogP contribution is -2.08. The number of nitrogens with one attached hydrogen (secondary N) is 2. The van der Waals surface area contributed by atoms with Crippen LogP contribution in [0.2, 0.25) is 0 Å². The van der Waals surface area contributed by atoms with Gasteiger partial charge in [-0.3, -0.25) is 10.2 Å². The summed E-state index contributed by atoms with van der Waals surface area (Å²) >= 11 is 0. The first-order valence-electron chi connectivity index (χ1n) is 4.58. The summed E-state index contributed by atoms with van der Waals surface area (Å²) in [6, 6.07) is 4.59. The second kappa shape index (κ2) is 5.06. The fraction of sp³-hybridized carbons (Fsp3) is 0.182. The van der Waals surface area contributed by atoms with E-state index < -0.39 is 5.97 Å². The van der Waals surface area contributed by atoms with E-state index in [0.29, 0.717) is 23.1 Å². The van der Waals surface area contributed by atoms with Crippen molar-refractivity contribution >= 4 is 23.7 Å². The molecule has 0 aliphatic heterocycles. The van der Waals surface area contributed by atoms with E-state index >= 15 is 0 Å². The van der Waals surface area contributed by atoms with Gasteiger partial charge in [0.05, 0.1) is 12.7 Å². The summed E-state index contributed by atoms with van der Waals surface area (Å²) in [6.45, 7) is 0. The summed E-state index contributed by atoms with van der Waals surface area (Å²) in [5.41, 5.74) is 1.22. The van der Waals surface area contributed by atoms with Crippen molar-refractivity contribution in [2.24, 2.45) is 0 Å². The number of hydrogen-bond acceptors (Lipinski definition) is 5. The first-order valence-corrected chi connectivity index (χ1v) is 4.58. The third kappa shape index (κ3) is 2.25. The van der Waals surface area contributed by atoms with Gasteiger partial charge in [-0.1, -0.05) is 0 Å². The molecule has 1 aromatic carbocycles. The molecule has 5 heteroatoms. The highest BCUT2D eigenvalue weighted by Gasteiger charge is 2.11. The minimum atomic E-state index is -0.458. The topological polar surface area (TPSA) is 79.2 Å². The van der Waals surface area contributed by atoms with Crippen LogP contribution in [-0.4, -0.2) is 32.1 Å². The smallest absolute Gasteiger partial charge is 0.337 e. The van der Waals surface area contributed by atoms with E-state index in [-0.39, 0.29) is 5.71 Å². The number of rotatable bonds is 4. The van der Waals surface area contributed by atoms with Gasteiger partial charge in [0.1, 0.15) is 5.71 Å². The molecule has 84 valence electrons. The molecule has 0 atom stereocenters. The quantitative estimate of drug-likeness (QED) is 0.452. The van der Waals surface area contributed by atoms with Crippen molar-refractivity contribution in [3.63, 3.8) is 0 Å². The van der Waals surface area contributed by atoms with Gasteiger partial charge in [-0.25, -0.2) is 4.79 Å². The van der Waals surface area contributed by atoms with Crippen LogP contribution in [-0.2, 0) is 9.53 Å². The van der Waals surface area contributed by atoms with Crippen molar-refractivity contribution in [1.29, 1.82) is 5.41 Å². The van der Waals surface area contributed by atoms with Crippen LogP contribution in [0, 0.1) is 5.41 Å². The highest BCUT2D eigenvalue weighted by molar-refractivity contribution is 6.36. The highest BCUT2D eigenvalue weighted by Crippen LogP contribution is 2.18. The molecule has 0 unspecified atom stereocenters. The molecular formula is C11H12N2O3. The fourth-order valence-corrected chi connectivity index (χ4v) is 1.29. The van der Waals surface area contributed by atoms with E-state index in [4.69, 9.17) is 5.41 Å². The molecule has 0 fully saturated rings.